The number of imidazole rings is 1. The molecular formula is C17H16FN3. The van der Waals surface area contributed by atoms with E-state index in [9.17, 15) is 4.39 Å². The highest BCUT2D eigenvalue weighted by Gasteiger charge is 2.11. The van der Waals surface area contributed by atoms with Crippen LogP contribution in [0.4, 0.5) is 4.39 Å². The van der Waals surface area contributed by atoms with Crippen molar-refractivity contribution in [1.29, 1.82) is 0 Å². The average molecular weight is 281 g/mol. The van der Waals surface area contributed by atoms with Gasteiger partial charge in [0.05, 0.1) is 11.9 Å². The molecule has 0 fully saturated rings. The number of halogens is 1. The number of hydrogen-bond donors (Lipinski definition) is 1. The van der Waals surface area contributed by atoms with Crippen molar-refractivity contribution in [1.82, 2.24) is 9.66 Å². The molecule has 1 heterocycles. The van der Waals surface area contributed by atoms with Crippen LogP contribution in [-0.2, 0) is 0 Å². The minimum Gasteiger partial charge on any atom is -0.325 e. The molecular weight excluding hydrogens is 265 g/mol. The van der Waals surface area contributed by atoms with Gasteiger partial charge in [-0.3, -0.25) is 0 Å². The van der Waals surface area contributed by atoms with E-state index in [-0.39, 0.29) is 5.82 Å². The van der Waals surface area contributed by atoms with Gasteiger partial charge in [0.2, 0.25) is 0 Å². The lowest BCUT2D eigenvalue weighted by molar-refractivity contribution is 0.628. The summed E-state index contributed by atoms with van der Waals surface area (Å²) in [5.41, 5.74) is 6.05. The molecule has 3 nitrogen and oxygen atoms in total. The largest absolute Gasteiger partial charge is 0.325 e. The minimum absolute atomic E-state index is 0.247. The van der Waals surface area contributed by atoms with Crippen LogP contribution in [0.5, 0.6) is 0 Å². The average Bonchev–Trinajstić information content (AvgIpc) is 2.93. The van der Waals surface area contributed by atoms with Crippen molar-refractivity contribution >= 4 is 0 Å². The van der Waals surface area contributed by atoms with Crippen molar-refractivity contribution < 1.29 is 4.39 Å². The van der Waals surface area contributed by atoms with Gasteiger partial charge >= 0.3 is 0 Å². The Morgan fingerprint density at radius 3 is 2.38 bits per heavy atom. The van der Waals surface area contributed by atoms with E-state index in [0.717, 1.165) is 29.2 Å². The van der Waals surface area contributed by atoms with E-state index in [4.69, 9.17) is 0 Å². The van der Waals surface area contributed by atoms with Gasteiger partial charge in [-0.25, -0.2) is 14.1 Å². The van der Waals surface area contributed by atoms with Gasteiger partial charge in [0.25, 0.3) is 0 Å². The van der Waals surface area contributed by atoms with Crippen molar-refractivity contribution in [3.63, 3.8) is 0 Å². The SMILES string of the molecule is CCNn1cc(-c2ccccc2)nc1-c1ccc(F)cc1. The Morgan fingerprint density at radius 1 is 1.00 bits per heavy atom. The topological polar surface area (TPSA) is 29.9 Å². The van der Waals surface area contributed by atoms with Crippen LogP contribution in [-0.4, -0.2) is 16.2 Å². The third kappa shape index (κ3) is 2.79. The van der Waals surface area contributed by atoms with E-state index in [0.29, 0.717) is 0 Å². The Bertz CT molecular complexity index is 718. The molecule has 0 amide bonds. The van der Waals surface area contributed by atoms with Crippen molar-refractivity contribution in [3.05, 3.63) is 66.6 Å². The Labute approximate surface area is 123 Å². The summed E-state index contributed by atoms with van der Waals surface area (Å²) in [5.74, 6) is 0.527. The summed E-state index contributed by atoms with van der Waals surface area (Å²) >= 11 is 0. The van der Waals surface area contributed by atoms with E-state index in [1.165, 1.54) is 12.1 Å². The first-order chi connectivity index (χ1) is 10.3. The molecule has 3 aromatic rings. The van der Waals surface area contributed by atoms with Gasteiger partial charge < -0.3 is 5.43 Å². The molecule has 0 aliphatic heterocycles. The van der Waals surface area contributed by atoms with Gasteiger partial charge in [0.15, 0.2) is 5.82 Å². The number of nitrogens with one attached hydrogen (secondary N) is 1. The first-order valence-corrected chi connectivity index (χ1v) is 6.92. The molecule has 1 N–H and O–H groups in total. The smallest absolute Gasteiger partial charge is 0.159 e. The molecule has 4 heteroatoms. The molecule has 0 aliphatic rings. The first kappa shape index (κ1) is 13.4. The summed E-state index contributed by atoms with van der Waals surface area (Å²) in [6, 6.07) is 16.4. The van der Waals surface area contributed by atoms with Gasteiger partial charge in [-0.05, 0) is 31.2 Å². The second-order valence-corrected chi connectivity index (χ2v) is 4.70. The molecule has 0 aliphatic carbocycles. The predicted molar refractivity (Wildman–Crippen MR) is 83.0 cm³/mol. The molecule has 21 heavy (non-hydrogen) atoms. The molecule has 2 aromatic carbocycles. The van der Waals surface area contributed by atoms with Crippen LogP contribution < -0.4 is 5.43 Å². The molecule has 0 saturated carbocycles. The Hall–Kier alpha value is -2.62. The van der Waals surface area contributed by atoms with E-state index in [1.807, 2.05) is 48.1 Å². The quantitative estimate of drug-likeness (QED) is 0.785. The van der Waals surface area contributed by atoms with E-state index in [2.05, 4.69) is 10.4 Å². The van der Waals surface area contributed by atoms with Crippen LogP contribution in [0.15, 0.2) is 60.8 Å². The van der Waals surface area contributed by atoms with E-state index in [1.54, 1.807) is 12.1 Å². The molecule has 106 valence electrons. The van der Waals surface area contributed by atoms with Crippen molar-refractivity contribution in [3.8, 4) is 22.6 Å². The summed E-state index contributed by atoms with van der Waals surface area (Å²) < 4.78 is 15.0. The van der Waals surface area contributed by atoms with Crippen LogP contribution in [0.2, 0.25) is 0 Å². The molecule has 0 saturated heterocycles. The fraction of sp³-hybridized carbons (Fsp3) is 0.118. The standard InChI is InChI=1S/C17H16FN3/c1-2-19-21-12-16(13-6-4-3-5-7-13)20-17(21)14-8-10-15(18)11-9-14/h3-12,19H,2H2,1H3. The van der Waals surface area contributed by atoms with Crippen molar-refractivity contribution in [2.75, 3.05) is 12.0 Å². The van der Waals surface area contributed by atoms with Gasteiger partial charge in [0.1, 0.15) is 5.82 Å². The molecule has 0 spiro atoms. The van der Waals surface area contributed by atoms with Gasteiger partial charge in [0, 0.05) is 17.7 Å². The van der Waals surface area contributed by atoms with Gasteiger partial charge in [-0.15, -0.1) is 0 Å². The third-order valence-electron chi connectivity index (χ3n) is 3.21. The maximum absolute atomic E-state index is 13.1. The Kier molecular flexibility index (Phi) is 3.69. The highest BCUT2D eigenvalue weighted by molar-refractivity contribution is 5.65. The Morgan fingerprint density at radius 2 is 1.71 bits per heavy atom. The summed E-state index contributed by atoms with van der Waals surface area (Å²) in [6.07, 6.45) is 1.96. The number of rotatable bonds is 4. The normalized spacial score (nSPS) is 10.6. The van der Waals surface area contributed by atoms with Crippen LogP contribution >= 0.6 is 0 Å². The fourth-order valence-corrected chi connectivity index (χ4v) is 2.22. The second kappa shape index (κ2) is 5.79. The lowest BCUT2D eigenvalue weighted by atomic mass is 10.2. The van der Waals surface area contributed by atoms with Gasteiger partial charge in [-0.1, -0.05) is 30.3 Å². The zero-order chi connectivity index (χ0) is 14.7. The lowest BCUT2D eigenvalue weighted by Crippen LogP contribution is -2.14. The summed E-state index contributed by atoms with van der Waals surface area (Å²) in [5, 5.41) is 0. The van der Waals surface area contributed by atoms with Crippen molar-refractivity contribution in [2.45, 2.75) is 6.92 Å². The van der Waals surface area contributed by atoms with Crippen LogP contribution in [0, 0.1) is 5.82 Å². The zero-order valence-corrected chi connectivity index (χ0v) is 11.8. The molecule has 1 aromatic heterocycles. The first-order valence-electron chi connectivity index (χ1n) is 6.92. The lowest BCUT2D eigenvalue weighted by Gasteiger charge is -2.08. The zero-order valence-electron chi connectivity index (χ0n) is 11.8. The number of aromatic nitrogens is 2. The molecule has 0 radical (unpaired) electrons. The summed E-state index contributed by atoms with van der Waals surface area (Å²) in [4.78, 5) is 4.68. The summed E-state index contributed by atoms with van der Waals surface area (Å²) in [6.45, 7) is 2.80. The monoisotopic (exact) mass is 281 g/mol. The molecule has 3 rings (SSSR count). The number of hydrogen-bond acceptors (Lipinski definition) is 2. The summed E-state index contributed by atoms with van der Waals surface area (Å²) in [7, 11) is 0. The number of benzene rings is 2. The maximum atomic E-state index is 13.1. The number of nitrogens with zero attached hydrogens (tertiary/aromatic N) is 2. The highest BCUT2D eigenvalue weighted by atomic mass is 19.1. The van der Waals surface area contributed by atoms with Crippen LogP contribution in [0.3, 0.4) is 0 Å². The second-order valence-electron chi connectivity index (χ2n) is 4.70. The molecule has 0 bridgehead atoms. The maximum Gasteiger partial charge on any atom is 0.159 e. The van der Waals surface area contributed by atoms with Crippen molar-refractivity contribution in [2.24, 2.45) is 0 Å². The van der Waals surface area contributed by atoms with Crippen LogP contribution in [0.1, 0.15) is 6.92 Å². The van der Waals surface area contributed by atoms with Crippen LogP contribution in [0.25, 0.3) is 22.6 Å². The van der Waals surface area contributed by atoms with Gasteiger partial charge in [-0.2, -0.15) is 0 Å². The Balaban J connectivity index is 2.06. The van der Waals surface area contributed by atoms with E-state index >= 15 is 0 Å². The third-order valence-corrected chi connectivity index (χ3v) is 3.21. The highest BCUT2D eigenvalue weighted by Crippen LogP contribution is 2.24. The molecule has 0 atom stereocenters. The molecule has 0 unspecified atom stereocenters. The minimum atomic E-state index is -0.247. The fourth-order valence-electron chi connectivity index (χ4n) is 2.22. The van der Waals surface area contributed by atoms with E-state index < -0.39 is 0 Å². The predicted octanol–water partition coefficient (Wildman–Crippen LogP) is 3.92.